The molecule has 3 aromatic rings. The van der Waals surface area contributed by atoms with Crippen molar-refractivity contribution in [2.45, 2.75) is 26.7 Å². The number of hydrogen-bond acceptors (Lipinski definition) is 2. The monoisotopic (exact) mass is 329 g/mol. The van der Waals surface area contributed by atoms with Crippen molar-refractivity contribution in [3.05, 3.63) is 46.2 Å². The normalized spacial score (nSPS) is 11.4. The Kier molecular flexibility index (Phi) is 3.34. The highest BCUT2D eigenvalue weighted by molar-refractivity contribution is 9.10. The van der Waals surface area contributed by atoms with Crippen molar-refractivity contribution in [2.75, 3.05) is 0 Å². The number of H-pyrrole nitrogens is 1. The molecular formula is C16H16BrN3. The Morgan fingerprint density at radius 3 is 2.60 bits per heavy atom. The van der Waals surface area contributed by atoms with Crippen LogP contribution in [0.3, 0.4) is 0 Å². The zero-order valence-corrected chi connectivity index (χ0v) is 13.3. The van der Waals surface area contributed by atoms with E-state index in [0.29, 0.717) is 5.92 Å². The Hall–Kier alpha value is -1.68. The molecule has 0 amide bonds. The summed E-state index contributed by atoms with van der Waals surface area (Å²) >= 11 is 3.57. The molecule has 0 atom stereocenters. The molecule has 0 spiro atoms. The van der Waals surface area contributed by atoms with Crippen LogP contribution in [0.4, 0.5) is 0 Å². The number of aromatic amines is 1. The number of aryl methyl sites for hydroxylation is 1. The van der Waals surface area contributed by atoms with Gasteiger partial charge in [0.25, 0.3) is 0 Å². The highest BCUT2D eigenvalue weighted by atomic mass is 79.9. The zero-order valence-electron chi connectivity index (χ0n) is 11.7. The fourth-order valence-corrected chi connectivity index (χ4v) is 2.89. The molecule has 0 aliphatic rings. The van der Waals surface area contributed by atoms with Gasteiger partial charge in [0, 0.05) is 16.2 Å². The van der Waals surface area contributed by atoms with Crippen LogP contribution in [0.2, 0.25) is 0 Å². The van der Waals surface area contributed by atoms with Crippen molar-refractivity contribution in [1.29, 1.82) is 0 Å². The van der Waals surface area contributed by atoms with E-state index in [4.69, 9.17) is 4.98 Å². The van der Waals surface area contributed by atoms with Crippen LogP contribution in [0.1, 0.15) is 31.0 Å². The van der Waals surface area contributed by atoms with Gasteiger partial charge in [0.1, 0.15) is 5.65 Å². The summed E-state index contributed by atoms with van der Waals surface area (Å²) in [6.45, 7) is 6.40. The van der Waals surface area contributed by atoms with Crippen molar-refractivity contribution < 1.29 is 0 Å². The first kappa shape index (κ1) is 13.3. The number of hydrogen-bond donors (Lipinski definition) is 1. The highest BCUT2D eigenvalue weighted by Gasteiger charge is 2.16. The minimum Gasteiger partial charge on any atom is -0.345 e. The van der Waals surface area contributed by atoms with Crippen LogP contribution in [-0.2, 0) is 0 Å². The Morgan fingerprint density at radius 2 is 1.90 bits per heavy atom. The van der Waals surface area contributed by atoms with Gasteiger partial charge in [-0.1, -0.05) is 38.1 Å². The zero-order chi connectivity index (χ0) is 14.3. The molecule has 0 unspecified atom stereocenters. The number of fused-ring (bicyclic) bond motifs is 1. The predicted molar refractivity (Wildman–Crippen MR) is 85.9 cm³/mol. The molecule has 0 bridgehead atoms. The second-order valence-electron chi connectivity index (χ2n) is 5.26. The topological polar surface area (TPSA) is 41.6 Å². The summed E-state index contributed by atoms with van der Waals surface area (Å²) in [5, 5.41) is 1.08. The Labute approximate surface area is 126 Å². The summed E-state index contributed by atoms with van der Waals surface area (Å²) in [7, 11) is 0. The maximum Gasteiger partial charge on any atom is 0.162 e. The second-order valence-corrected chi connectivity index (χ2v) is 6.12. The average Bonchev–Trinajstić information content (AvgIpc) is 2.80. The predicted octanol–water partition coefficient (Wildman–Crippen LogP) is 4.82. The molecule has 0 radical (unpaired) electrons. The molecule has 0 saturated heterocycles. The Morgan fingerprint density at radius 1 is 1.15 bits per heavy atom. The molecule has 3 rings (SSSR count). The van der Waals surface area contributed by atoms with Crippen LogP contribution in [-0.4, -0.2) is 15.0 Å². The van der Waals surface area contributed by atoms with Crippen molar-refractivity contribution >= 4 is 27.0 Å². The van der Waals surface area contributed by atoms with Crippen LogP contribution in [0, 0.1) is 6.92 Å². The molecule has 0 aliphatic carbocycles. The lowest BCUT2D eigenvalue weighted by molar-refractivity contribution is 0.830. The van der Waals surface area contributed by atoms with Gasteiger partial charge in [-0.15, -0.1) is 0 Å². The van der Waals surface area contributed by atoms with Gasteiger partial charge >= 0.3 is 0 Å². The molecule has 3 nitrogen and oxygen atoms in total. The fraction of sp³-hybridized carbons (Fsp3) is 0.250. The highest BCUT2D eigenvalue weighted by Crippen LogP contribution is 2.31. The third-order valence-electron chi connectivity index (χ3n) is 3.44. The first-order valence-electron chi connectivity index (χ1n) is 6.68. The van der Waals surface area contributed by atoms with E-state index in [1.54, 1.807) is 0 Å². The second kappa shape index (κ2) is 5.02. The number of nitrogens with one attached hydrogen (secondary N) is 1. The SMILES string of the molecule is Cc1ccccc1-c1nc(C(C)C)c2c(Br)c[nH]c2n1. The maximum absolute atomic E-state index is 4.80. The molecular weight excluding hydrogens is 314 g/mol. The van der Waals surface area contributed by atoms with Crippen molar-refractivity contribution in [3.63, 3.8) is 0 Å². The number of aromatic nitrogens is 3. The van der Waals surface area contributed by atoms with Gasteiger partial charge in [-0.05, 0) is 34.3 Å². The fourth-order valence-electron chi connectivity index (χ4n) is 2.38. The smallest absolute Gasteiger partial charge is 0.162 e. The molecule has 4 heteroatoms. The van der Waals surface area contributed by atoms with E-state index in [1.807, 2.05) is 18.3 Å². The van der Waals surface area contributed by atoms with E-state index in [9.17, 15) is 0 Å². The van der Waals surface area contributed by atoms with E-state index >= 15 is 0 Å². The summed E-state index contributed by atoms with van der Waals surface area (Å²) in [5.41, 5.74) is 4.23. The standard InChI is InChI=1S/C16H16BrN3/c1-9(2)14-13-12(17)8-18-16(13)20-15(19-14)11-7-5-4-6-10(11)3/h4-9H,1-3H3,(H,18,19,20). The summed E-state index contributed by atoms with van der Waals surface area (Å²) in [6, 6.07) is 8.21. The van der Waals surface area contributed by atoms with Crippen LogP contribution >= 0.6 is 15.9 Å². The molecule has 1 aromatic carbocycles. The van der Waals surface area contributed by atoms with Crippen LogP contribution in [0.25, 0.3) is 22.4 Å². The minimum atomic E-state index is 0.343. The number of halogens is 1. The van der Waals surface area contributed by atoms with Crippen LogP contribution < -0.4 is 0 Å². The van der Waals surface area contributed by atoms with Crippen molar-refractivity contribution in [3.8, 4) is 11.4 Å². The van der Waals surface area contributed by atoms with Gasteiger partial charge in [-0.3, -0.25) is 0 Å². The molecule has 1 N–H and O–H groups in total. The van der Waals surface area contributed by atoms with Gasteiger partial charge in [0.2, 0.25) is 0 Å². The van der Waals surface area contributed by atoms with Gasteiger partial charge in [0.05, 0.1) is 11.1 Å². The van der Waals surface area contributed by atoms with Crippen molar-refractivity contribution in [2.24, 2.45) is 0 Å². The first-order chi connectivity index (χ1) is 9.58. The van der Waals surface area contributed by atoms with Gasteiger partial charge in [0.15, 0.2) is 5.82 Å². The third kappa shape index (κ3) is 2.14. The van der Waals surface area contributed by atoms with E-state index in [0.717, 1.165) is 32.6 Å². The molecule has 0 aliphatic heterocycles. The minimum absolute atomic E-state index is 0.343. The van der Waals surface area contributed by atoms with E-state index in [2.05, 4.69) is 58.8 Å². The number of benzene rings is 1. The molecule has 0 saturated carbocycles. The summed E-state index contributed by atoms with van der Waals surface area (Å²) in [5.74, 6) is 1.13. The van der Waals surface area contributed by atoms with Crippen molar-refractivity contribution in [1.82, 2.24) is 15.0 Å². The lowest BCUT2D eigenvalue weighted by atomic mass is 10.1. The van der Waals surface area contributed by atoms with E-state index < -0.39 is 0 Å². The summed E-state index contributed by atoms with van der Waals surface area (Å²) in [4.78, 5) is 12.7. The molecule has 20 heavy (non-hydrogen) atoms. The Bertz CT molecular complexity index is 774. The average molecular weight is 330 g/mol. The quantitative estimate of drug-likeness (QED) is 0.732. The number of rotatable bonds is 2. The number of nitrogens with zero attached hydrogens (tertiary/aromatic N) is 2. The first-order valence-corrected chi connectivity index (χ1v) is 7.47. The van der Waals surface area contributed by atoms with Gasteiger partial charge in [-0.25, -0.2) is 9.97 Å². The Balaban J connectivity index is 2.31. The molecule has 102 valence electrons. The lowest BCUT2D eigenvalue weighted by Crippen LogP contribution is -2.00. The summed E-state index contributed by atoms with van der Waals surface area (Å²) < 4.78 is 1.02. The molecule has 2 aromatic heterocycles. The summed E-state index contributed by atoms with van der Waals surface area (Å²) in [6.07, 6.45) is 1.92. The van der Waals surface area contributed by atoms with Crippen LogP contribution in [0.15, 0.2) is 34.9 Å². The molecule has 0 fully saturated rings. The van der Waals surface area contributed by atoms with E-state index in [1.165, 1.54) is 5.56 Å². The van der Waals surface area contributed by atoms with Crippen LogP contribution in [0.5, 0.6) is 0 Å². The maximum atomic E-state index is 4.80. The van der Waals surface area contributed by atoms with E-state index in [-0.39, 0.29) is 0 Å². The van der Waals surface area contributed by atoms with Gasteiger partial charge in [-0.2, -0.15) is 0 Å². The third-order valence-corrected chi connectivity index (χ3v) is 4.07. The lowest BCUT2D eigenvalue weighted by Gasteiger charge is -2.10. The molecule has 2 heterocycles. The largest absolute Gasteiger partial charge is 0.345 e. The van der Waals surface area contributed by atoms with Gasteiger partial charge < -0.3 is 4.98 Å².